The monoisotopic (exact) mass is 429 g/mol. The highest BCUT2D eigenvalue weighted by Gasteiger charge is 2.25. The van der Waals surface area contributed by atoms with Crippen molar-refractivity contribution in [3.05, 3.63) is 27.1 Å². The van der Waals surface area contributed by atoms with Gasteiger partial charge in [0.1, 0.15) is 5.75 Å². The number of aromatic nitrogens is 1. The summed E-state index contributed by atoms with van der Waals surface area (Å²) in [4.78, 5) is 34.3. The first-order valence-electron chi connectivity index (χ1n) is 8.56. The molecule has 0 bridgehead atoms. The molecule has 1 aromatic rings. The van der Waals surface area contributed by atoms with E-state index in [2.05, 4.69) is 26.6 Å². The summed E-state index contributed by atoms with van der Waals surface area (Å²) in [5, 5.41) is 13.8. The predicted molar refractivity (Wildman–Crippen MR) is 99.4 cm³/mol. The molecule has 1 aliphatic carbocycles. The second-order valence-corrected chi connectivity index (χ2v) is 7.48. The van der Waals surface area contributed by atoms with E-state index in [0.29, 0.717) is 5.75 Å². The largest absolute Gasteiger partial charge is 0.489 e. The van der Waals surface area contributed by atoms with Gasteiger partial charge in [0.2, 0.25) is 5.91 Å². The first-order chi connectivity index (χ1) is 12.3. The van der Waals surface area contributed by atoms with Crippen LogP contribution in [0.25, 0.3) is 0 Å². The maximum absolute atomic E-state index is 12.1. The van der Waals surface area contributed by atoms with Gasteiger partial charge in [0.25, 0.3) is 5.56 Å². The molecule has 0 spiro atoms. The van der Waals surface area contributed by atoms with Crippen LogP contribution >= 0.6 is 15.9 Å². The lowest BCUT2D eigenvalue weighted by Gasteiger charge is -2.30. The Morgan fingerprint density at radius 3 is 2.65 bits per heavy atom. The summed E-state index contributed by atoms with van der Waals surface area (Å²) in [6.45, 7) is 1.78. The first-order valence-corrected chi connectivity index (χ1v) is 9.35. The first kappa shape index (κ1) is 20.3. The normalized spacial score (nSPS) is 20.9. The molecule has 1 saturated carbocycles. The van der Waals surface area contributed by atoms with Crippen molar-refractivity contribution < 1.29 is 19.4 Å². The fraction of sp³-hybridized carbons (Fsp3) is 0.588. The fourth-order valence-corrected chi connectivity index (χ4v) is 3.37. The van der Waals surface area contributed by atoms with Crippen LogP contribution in [0.2, 0.25) is 0 Å². The number of nitrogens with zero attached hydrogens (tertiary/aromatic N) is 1. The van der Waals surface area contributed by atoms with Crippen LogP contribution in [-0.4, -0.2) is 40.4 Å². The van der Waals surface area contributed by atoms with Crippen molar-refractivity contribution in [1.82, 2.24) is 15.2 Å². The molecule has 1 aromatic heterocycles. The fourth-order valence-electron chi connectivity index (χ4n) is 2.85. The number of carboxylic acid groups (broad SMARTS) is 1. The van der Waals surface area contributed by atoms with E-state index < -0.39 is 12.0 Å². The summed E-state index contributed by atoms with van der Waals surface area (Å²) < 4.78 is 8.15. The van der Waals surface area contributed by atoms with Crippen molar-refractivity contribution in [2.24, 2.45) is 13.0 Å². The van der Waals surface area contributed by atoms with Gasteiger partial charge < -0.3 is 25.0 Å². The summed E-state index contributed by atoms with van der Waals surface area (Å²) in [5.41, 5.74) is -0.131. The standard InChI is InChI=1S/C17H24BrN3O5/c1-10(8-19-17(24)25)16(23)20-11-3-5-12(6-4-11)26-14-7-15(22)21(2)9-13(14)18/h7,9-12,19H,3-6,8H2,1-2H3,(H,20,23)(H,24,25)/t10-,11?,12?/m0/s1. The van der Waals surface area contributed by atoms with Gasteiger partial charge in [-0.25, -0.2) is 4.79 Å². The Morgan fingerprint density at radius 2 is 2.04 bits per heavy atom. The Balaban J connectivity index is 1.80. The third kappa shape index (κ3) is 5.76. The van der Waals surface area contributed by atoms with E-state index in [9.17, 15) is 14.4 Å². The molecule has 0 radical (unpaired) electrons. The lowest BCUT2D eigenvalue weighted by molar-refractivity contribution is -0.125. The highest BCUT2D eigenvalue weighted by molar-refractivity contribution is 9.10. The zero-order chi connectivity index (χ0) is 19.3. The molecule has 2 amide bonds. The Bertz CT molecular complexity index is 713. The number of aryl methyl sites for hydroxylation is 1. The van der Waals surface area contributed by atoms with E-state index >= 15 is 0 Å². The van der Waals surface area contributed by atoms with Crippen LogP contribution in [0.5, 0.6) is 5.75 Å². The molecule has 0 aromatic carbocycles. The number of nitrogens with one attached hydrogen (secondary N) is 2. The molecule has 0 aliphatic heterocycles. The quantitative estimate of drug-likeness (QED) is 0.638. The van der Waals surface area contributed by atoms with Gasteiger partial charge in [-0.05, 0) is 41.6 Å². The molecule has 0 saturated heterocycles. The van der Waals surface area contributed by atoms with Gasteiger partial charge in [0.05, 0.1) is 16.5 Å². The number of rotatable bonds is 6. The number of carbonyl (C=O) groups excluding carboxylic acids is 1. The lowest BCUT2D eigenvalue weighted by Crippen LogP contribution is -2.44. The highest BCUT2D eigenvalue weighted by atomic mass is 79.9. The summed E-state index contributed by atoms with van der Waals surface area (Å²) in [5.74, 6) is -0.0389. The third-order valence-corrected chi connectivity index (χ3v) is 5.06. The Kier molecular flexibility index (Phi) is 7.07. The maximum atomic E-state index is 12.1. The second kappa shape index (κ2) is 9.07. The molecule has 1 fully saturated rings. The van der Waals surface area contributed by atoms with Gasteiger partial charge in [-0.3, -0.25) is 9.59 Å². The number of ether oxygens (including phenoxy) is 1. The van der Waals surface area contributed by atoms with E-state index in [1.54, 1.807) is 20.2 Å². The molecule has 9 heteroatoms. The van der Waals surface area contributed by atoms with Crippen molar-refractivity contribution in [2.45, 2.75) is 44.8 Å². The highest BCUT2D eigenvalue weighted by Crippen LogP contribution is 2.28. The molecule has 144 valence electrons. The van der Waals surface area contributed by atoms with E-state index in [4.69, 9.17) is 9.84 Å². The number of hydrogen-bond donors (Lipinski definition) is 3. The molecule has 3 N–H and O–H groups in total. The van der Waals surface area contributed by atoms with Crippen LogP contribution in [0.4, 0.5) is 4.79 Å². The second-order valence-electron chi connectivity index (χ2n) is 6.62. The Labute approximate surface area is 160 Å². The number of halogens is 1. The minimum absolute atomic E-state index is 0.00217. The van der Waals surface area contributed by atoms with E-state index in [0.717, 1.165) is 30.2 Å². The molecule has 1 heterocycles. The maximum Gasteiger partial charge on any atom is 0.404 e. The van der Waals surface area contributed by atoms with Crippen LogP contribution in [0.3, 0.4) is 0 Å². The van der Waals surface area contributed by atoms with Crippen LogP contribution in [-0.2, 0) is 11.8 Å². The van der Waals surface area contributed by atoms with Gasteiger partial charge in [0.15, 0.2) is 0 Å². The molecule has 8 nitrogen and oxygen atoms in total. The molecular weight excluding hydrogens is 406 g/mol. The van der Waals surface area contributed by atoms with Gasteiger partial charge in [0, 0.05) is 31.9 Å². The van der Waals surface area contributed by atoms with E-state index in [1.807, 2.05) is 0 Å². The Hall–Kier alpha value is -2.03. The summed E-state index contributed by atoms with van der Waals surface area (Å²) >= 11 is 3.40. The minimum Gasteiger partial charge on any atom is -0.489 e. The number of pyridine rings is 1. The van der Waals surface area contributed by atoms with E-state index in [1.165, 1.54) is 10.6 Å². The molecule has 2 rings (SSSR count). The SMILES string of the molecule is C[C@@H](CNC(=O)O)C(=O)NC1CCC(Oc2cc(=O)n(C)cc2Br)CC1. The van der Waals surface area contributed by atoms with Crippen molar-refractivity contribution in [1.29, 1.82) is 0 Å². The average molecular weight is 430 g/mol. The van der Waals surface area contributed by atoms with Gasteiger partial charge in [-0.2, -0.15) is 0 Å². The van der Waals surface area contributed by atoms with Gasteiger partial charge in [-0.1, -0.05) is 6.92 Å². The van der Waals surface area contributed by atoms with Crippen molar-refractivity contribution in [2.75, 3.05) is 6.54 Å². The average Bonchev–Trinajstić information content (AvgIpc) is 2.59. The van der Waals surface area contributed by atoms with Crippen LogP contribution in [0, 0.1) is 5.92 Å². The van der Waals surface area contributed by atoms with Crippen LogP contribution < -0.4 is 20.9 Å². The summed E-state index contributed by atoms with van der Waals surface area (Å²) in [7, 11) is 1.68. The van der Waals surface area contributed by atoms with Crippen LogP contribution in [0.1, 0.15) is 32.6 Å². The number of amides is 2. The van der Waals surface area contributed by atoms with Crippen molar-refractivity contribution >= 4 is 27.9 Å². The predicted octanol–water partition coefficient (Wildman–Crippen LogP) is 1.86. The van der Waals surface area contributed by atoms with Gasteiger partial charge in [-0.15, -0.1) is 0 Å². The molecule has 1 aliphatic rings. The zero-order valence-corrected chi connectivity index (χ0v) is 16.4. The Morgan fingerprint density at radius 1 is 1.38 bits per heavy atom. The third-order valence-electron chi connectivity index (χ3n) is 4.47. The van der Waals surface area contributed by atoms with Crippen molar-refractivity contribution in [3.63, 3.8) is 0 Å². The number of carbonyl (C=O) groups is 2. The molecular formula is C17H24BrN3O5. The topological polar surface area (TPSA) is 110 Å². The number of hydrogen-bond acceptors (Lipinski definition) is 4. The minimum atomic E-state index is -1.13. The smallest absolute Gasteiger partial charge is 0.404 e. The molecule has 1 atom stereocenters. The molecule has 26 heavy (non-hydrogen) atoms. The summed E-state index contributed by atoms with van der Waals surface area (Å²) in [6, 6.07) is 1.52. The zero-order valence-electron chi connectivity index (χ0n) is 14.8. The van der Waals surface area contributed by atoms with Gasteiger partial charge >= 0.3 is 6.09 Å². The van der Waals surface area contributed by atoms with Crippen molar-refractivity contribution in [3.8, 4) is 5.75 Å². The lowest BCUT2D eigenvalue weighted by atomic mass is 9.92. The van der Waals surface area contributed by atoms with Crippen LogP contribution in [0.15, 0.2) is 21.5 Å². The molecule has 0 unspecified atom stereocenters. The van der Waals surface area contributed by atoms with E-state index in [-0.39, 0.29) is 30.2 Å². The summed E-state index contributed by atoms with van der Waals surface area (Å²) in [6.07, 6.45) is 3.64.